The third-order valence-electron chi connectivity index (χ3n) is 3.93. The van der Waals surface area contributed by atoms with Crippen molar-refractivity contribution in [3.63, 3.8) is 0 Å². The van der Waals surface area contributed by atoms with Gasteiger partial charge in [0.2, 0.25) is 11.7 Å². The van der Waals surface area contributed by atoms with Gasteiger partial charge in [-0.1, -0.05) is 13.0 Å². The first-order chi connectivity index (χ1) is 14.9. The van der Waals surface area contributed by atoms with Crippen LogP contribution in [-0.2, 0) is 20.9 Å². The molecular formula is C23H27NO6S. The lowest BCUT2D eigenvalue weighted by Crippen LogP contribution is -2.18. The summed E-state index contributed by atoms with van der Waals surface area (Å²) < 4.78 is 16.3. The second-order valence-corrected chi connectivity index (χ2v) is 7.70. The predicted molar refractivity (Wildman–Crippen MR) is 120 cm³/mol. The highest BCUT2D eigenvalue weighted by Crippen LogP contribution is 2.29. The van der Waals surface area contributed by atoms with Gasteiger partial charge >= 0.3 is 5.97 Å². The molecule has 1 heterocycles. The fraction of sp³-hybridized carbons (Fsp3) is 0.348. The molecule has 0 bridgehead atoms. The lowest BCUT2D eigenvalue weighted by atomic mass is 10.2. The molecule has 0 atom stereocenters. The second-order valence-electron chi connectivity index (χ2n) is 6.53. The molecule has 0 spiro atoms. The fourth-order valence-corrected chi connectivity index (χ4v) is 3.35. The monoisotopic (exact) mass is 445 g/mol. The topological polar surface area (TPSA) is 90.9 Å². The molecule has 2 rings (SSSR count). The molecule has 0 saturated heterocycles. The van der Waals surface area contributed by atoms with E-state index in [1.54, 1.807) is 30.3 Å². The molecule has 0 aliphatic heterocycles. The summed E-state index contributed by atoms with van der Waals surface area (Å²) in [4.78, 5) is 36.5. The summed E-state index contributed by atoms with van der Waals surface area (Å²) in [5, 5.41) is 2.67. The predicted octanol–water partition coefficient (Wildman–Crippen LogP) is 4.01. The van der Waals surface area contributed by atoms with Gasteiger partial charge in [0, 0.05) is 17.9 Å². The van der Waals surface area contributed by atoms with E-state index in [-0.39, 0.29) is 18.3 Å². The Morgan fingerprint density at radius 3 is 2.58 bits per heavy atom. The maximum Gasteiger partial charge on any atom is 0.331 e. The number of ketones is 1. The van der Waals surface area contributed by atoms with Crippen LogP contribution in [0.15, 0.2) is 36.4 Å². The smallest absolute Gasteiger partial charge is 0.331 e. The maximum atomic E-state index is 12.2. The molecular weight excluding hydrogens is 418 g/mol. The highest BCUT2D eigenvalue weighted by atomic mass is 32.1. The van der Waals surface area contributed by atoms with Crippen molar-refractivity contribution in [2.75, 3.05) is 19.8 Å². The highest BCUT2D eigenvalue weighted by Gasteiger charge is 2.12. The normalized spacial score (nSPS) is 10.7. The number of ether oxygens (including phenoxy) is 3. The third kappa shape index (κ3) is 8.25. The molecule has 1 amide bonds. The van der Waals surface area contributed by atoms with Crippen LogP contribution in [0.5, 0.6) is 11.5 Å². The summed E-state index contributed by atoms with van der Waals surface area (Å²) in [5.74, 6) is 0.209. The molecule has 8 heteroatoms. The van der Waals surface area contributed by atoms with Crippen molar-refractivity contribution in [1.82, 2.24) is 5.32 Å². The van der Waals surface area contributed by atoms with Gasteiger partial charge in [0.15, 0.2) is 18.1 Å². The SMILES string of the molecule is CCCOc1ccc(/C=C/C(=O)OCC(=O)c2ccc(CNC(C)=O)s2)cc1OCC. The van der Waals surface area contributed by atoms with Crippen molar-refractivity contribution in [2.45, 2.75) is 33.7 Å². The van der Waals surface area contributed by atoms with Gasteiger partial charge in [0.25, 0.3) is 0 Å². The Balaban J connectivity index is 1.89. The van der Waals surface area contributed by atoms with E-state index in [9.17, 15) is 14.4 Å². The first-order valence-corrected chi connectivity index (χ1v) is 10.8. The largest absolute Gasteiger partial charge is 0.490 e. The number of carbonyl (C=O) groups excluding carboxylic acids is 3. The van der Waals surface area contributed by atoms with Crippen LogP contribution in [-0.4, -0.2) is 37.5 Å². The molecule has 2 aromatic rings. The lowest BCUT2D eigenvalue weighted by molar-refractivity contribution is -0.136. The number of hydrogen-bond donors (Lipinski definition) is 1. The van der Waals surface area contributed by atoms with Gasteiger partial charge in [-0.3, -0.25) is 9.59 Å². The van der Waals surface area contributed by atoms with Crippen molar-refractivity contribution in [3.8, 4) is 11.5 Å². The Kier molecular flexibility index (Phi) is 9.77. The molecule has 0 aliphatic carbocycles. The molecule has 31 heavy (non-hydrogen) atoms. The number of hydrogen-bond acceptors (Lipinski definition) is 7. The van der Waals surface area contributed by atoms with E-state index in [4.69, 9.17) is 14.2 Å². The van der Waals surface area contributed by atoms with Crippen LogP contribution in [0.2, 0.25) is 0 Å². The number of nitrogens with one attached hydrogen (secondary N) is 1. The molecule has 0 fully saturated rings. The van der Waals surface area contributed by atoms with Gasteiger partial charge in [-0.15, -0.1) is 11.3 Å². The van der Waals surface area contributed by atoms with Crippen LogP contribution >= 0.6 is 11.3 Å². The van der Waals surface area contributed by atoms with Gasteiger partial charge in [0.05, 0.1) is 24.6 Å². The van der Waals surface area contributed by atoms with E-state index < -0.39 is 5.97 Å². The van der Waals surface area contributed by atoms with E-state index in [0.717, 1.165) is 16.9 Å². The van der Waals surface area contributed by atoms with Gasteiger partial charge in [-0.2, -0.15) is 0 Å². The summed E-state index contributed by atoms with van der Waals surface area (Å²) in [6.45, 7) is 6.44. The second kappa shape index (κ2) is 12.5. The van der Waals surface area contributed by atoms with Crippen molar-refractivity contribution in [1.29, 1.82) is 0 Å². The van der Waals surface area contributed by atoms with Gasteiger partial charge < -0.3 is 19.5 Å². The number of amides is 1. The van der Waals surface area contributed by atoms with Crippen molar-refractivity contribution < 1.29 is 28.6 Å². The Hall–Kier alpha value is -3.13. The van der Waals surface area contributed by atoms with Crippen LogP contribution in [0.1, 0.15) is 47.3 Å². The Morgan fingerprint density at radius 1 is 1.06 bits per heavy atom. The summed E-state index contributed by atoms with van der Waals surface area (Å²) in [6, 6.07) is 8.81. The average molecular weight is 446 g/mol. The summed E-state index contributed by atoms with van der Waals surface area (Å²) in [7, 11) is 0. The van der Waals surface area contributed by atoms with Gasteiger partial charge in [-0.25, -0.2) is 4.79 Å². The number of benzene rings is 1. The zero-order valence-electron chi connectivity index (χ0n) is 17.9. The fourth-order valence-electron chi connectivity index (χ4n) is 2.48. The molecule has 0 aliphatic rings. The Bertz CT molecular complexity index is 934. The number of carbonyl (C=O) groups is 3. The number of thiophene rings is 1. The van der Waals surface area contributed by atoms with Crippen molar-refractivity contribution in [2.24, 2.45) is 0 Å². The highest BCUT2D eigenvalue weighted by molar-refractivity contribution is 7.14. The minimum absolute atomic E-state index is 0.140. The maximum absolute atomic E-state index is 12.2. The first kappa shape index (κ1) is 24.1. The quantitative estimate of drug-likeness (QED) is 0.302. The van der Waals surface area contributed by atoms with E-state index in [2.05, 4.69) is 5.32 Å². The lowest BCUT2D eigenvalue weighted by Gasteiger charge is -2.12. The molecule has 0 radical (unpaired) electrons. The Morgan fingerprint density at radius 2 is 1.87 bits per heavy atom. The van der Waals surface area contributed by atoms with E-state index in [1.165, 1.54) is 24.3 Å². The first-order valence-electron chi connectivity index (χ1n) is 10.0. The third-order valence-corrected chi connectivity index (χ3v) is 5.06. The Labute approximate surface area is 186 Å². The molecule has 7 nitrogen and oxygen atoms in total. The summed E-state index contributed by atoms with van der Waals surface area (Å²) in [5.41, 5.74) is 0.747. The summed E-state index contributed by atoms with van der Waals surface area (Å²) in [6.07, 6.45) is 3.75. The van der Waals surface area contributed by atoms with Crippen LogP contribution in [0.4, 0.5) is 0 Å². The van der Waals surface area contributed by atoms with E-state index in [0.29, 0.717) is 36.1 Å². The average Bonchev–Trinajstić information content (AvgIpc) is 3.23. The zero-order valence-corrected chi connectivity index (χ0v) is 18.8. The minimum Gasteiger partial charge on any atom is -0.490 e. The molecule has 1 N–H and O–H groups in total. The molecule has 166 valence electrons. The van der Waals surface area contributed by atoms with E-state index in [1.807, 2.05) is 19.9 Å². The standard InChI is InChI=1S/C23H27NO6S/c1-4-12-29-20-9-6-17(13-21(20)28-5-2)7-11-23(27)30-15-19(26)22-10-8-18(31-22)14-24-16(3)25/h6-11,13H,4-5,12,14-15H2,1-3H3,(H,24,25)/b11-7+. The van der Waals surface area contributed by atoms with E-state index >= 15 is 0 Å². The van der Waals surface area contributed by atoms with Gasteiger partial charge in [-0.05, 0) is 49.2 Å². The number of rotatable bonds is 12. The minimum atomic E-state index is -0.618. The van der Waals surface area contributed by atoms with Crippen LogP contribution < -0.4 is 14.8 Å². The van der Waals surface area contributed by atoms with Crippen molar-refractivity contribution in [3.05, 3.63) is 51.7 Å². The number of esters is 1. The zero-order chi connectivity index (χ0) is 22.6. The van der Waals surface area contributed by atoms with Crippen molar-refractivity contribution >= 4 is 35.1 Å². The van der Waals surface area contributed by atoms with Gasteiger partial charge in [0.1, 0.15) is 0 Å². The molecule has 0 unspecified atom stereocenters. The molecule has 1 aromatic carbocycles. The van der Waals surface area contributed by atoms with Crippen LogP contribution in [0, 0.1) is 0 Å². The summed E-state index contributed by atoms with van der Waals surface area (Å²) >= 11 is 1.26. The van der Waals surface area contributed by atoms with Crippen LogP contribution in [0.3, 0.4) is 0 Å². The number of Topliss-reactive ketones (excluding diaryl/α,β-unsaturated/α-hetero) is 1. The molecule has 1 aromatic heterocycles. The van der Waals surface area contributed by atoms with Crippen LogP contribution in [0.25, 0.3) is 6.08 Å². The molecule has 0 saturated carbocycles.